The molecular weight excluding hydrogens is 288 g/mol. The van der Waals surface area contributed by atoms with Gasteiger partial charge in [0.25, 0.3) is 5.91 Å². The van der Waals surface area contributed by atoms with Crippen LogP contribution < -0.4 is 10.5 Å². The van der Waals surface area contributed by atoms with E-state index in [9.17, 15) is 13.2 Å². The number of rotatable bonds is 3. The highest BCUT2D eigenvalue weighted by Crippen LogP contribution is 2.44. The summed E-state index contributed by atoms with van der Waals surface area (Å²) < 4.78 is 22.6. The molecule has 21 heavy (non-hydrogen) atoms. The van der Waals surface area contributed by atoms with Crippen molar-refractivity contribution in [1.29, 1.82) is 0 Å². The summed E-state index contributed by atoms with van der Waals surface area (Å²) >= 11 is 0. The number of aryl methyl sites for hydroxylation is 1. The van der Waals surface area contributed by atoms with Crippen molar-refractivity contribution in [1.82, 2.24) is 5.32 Å². The van der Waals surface area contributed by atoms with E-state index in [2.05, 4.69) is 5.32 Å². The van der Waals surface area contributed by atoms with Gasteiger partial charge in [0.1, 0.15) is 0 Å². The first-order valence-corrected chi connectivity index (χ1v) is 8.83. The third-order valence-electron chi connectivity index (χ3n) is 4.83. The third-order valence-corrected chi connectivity index (χ3v) is 5.74. The Morgan fingerprint density at radius 1 is 1.29 bits per heavy atom. The summed E-state index contributed by atoms with van der Waals surface area (Å²) in [6.07, 6.45) is 4.80. The first-order chi connectivity index (χ1) is 9.84. The minimum absolute atomic E-state index is 0.0384. The van der Waals surface area contributed by atoms with Gasteiger partial charge in [-0.15, -0.1) is 0 Å². The largest absolute Gasteiger partial charge is 0.349 e. The van der Waals surface area contributed by atoms with E-state index in [0.29, 0.717) is 17.0 Å². The molecule has 0 saturated heterocycles. The minimum Gasteiger partial charge on any atom is -0.349 e. The Morgan fingerprint density at radius 2 is 2.05 bits per heavy atom. The average molecular weight is 308 g/mol. The lowest BCUT2D eigenvalue weighted by atomic mass is 9.95. The van der Waals surface area contributed by atoms with Crippen molar-refractivity contribution in [2.24, 2.45) is 17.0 Å². The van der Waals surface area contributed by atoms with E-state index in [0.717, 1.165) is 12.3 Å². The molecule has 0 radical (unpaired) electrons. The normalized spacial score (nSPS) is 27.8. The number of hydrogen-bond donors (Lipinski definition) is 2. The summed E-state index contributed by atoms with van der Waals surface area (Å²) in [5, 5.41) is 8.20. The Balaban J connectivity index is 1.76. The van der Waals surface area contributed by atoms with E-state index < -0.39 is 10.0 Å². The molecule has 3 rings (SSSR count). The molecule has 5 nitrogen and oxygen atoms in total. The molecule has 2 bridgehead atoms. The molecule has 0 heterocycles. The number of amides is 1. The van der Waals surface area contributed by atoms with Crippen LogP contribution in [0.1, 0.15) is 41.6 Å². The Labute approximate surface area is 125 Å². The molecule has 3 atom stereocenters. The highest BCUT2D eigenvalue weighted by molar-refractivity contribution is 7.89. The highest BCUT2D eigenvalue weighted by Gasteiger charge is 2.40. The molecular formula is C15H20N2O3S. The molecule has 1 amide bonds. The lowest BCUT2D eigenvalue weighted by Crippen LogP contribution is -2.38. The lowest BCUT2D eigenvalue weighted by molar-refractivity contribution is 0.0922. The van der Waals surface area contributed by atoms with E-state index in [1.807, 2.05) is 0 Å². The number of hydrogen-bond acceptors (Lipinski definition) is 3. The standard InChI is InChI=1S/C15H20N2O3S/c1-9-6-12(21(16,19)20)4-5-13(9)15(18)17-14-8-10-2-3-11(14)7-10/h4-6,10-11,14H,2-3,7-8H2,1H3,(H,17,18)(H2,16,19,20). The Hall–Kier alpha value is -1.40. The monoisotopic (exact) mass is 308 g/mol. The van der Waals surface area contributed by atoms with Crippen molar-refractivity contribution in [3.63, 3.8) is 0 Å². The summed E-state index contributed by atoms with van der Waals surface area (Å²) in [5.41, 5.74) is 1.15. The minimum atomic E-state index is -3.73. The molecule has 3 N–H and O–H groups in total. The molecule has 1 aromatic carbocycles. The lowest BCUT2D eigenvalue weighted by Gasteiger charge is -2.23. The SMILES string of the molecule is Cc1cc(S(N)(=O)=O)ccc1C(=O)NC1CC2CCC1C2. The van der Waals surface area contributed by atoms with Crippen LogP contribution in [-0.4, -0.2) is 20.4 Å². The molecule has 2 aliphatic carbocycles. The van der Waals surface area contributed by atoms with Crippen LogP contribution in [0.2, 0.25) is 0 Å². The molecule has 114 valence electrons. The number of fused-ring (bicyclic) bond motifs is 2. The van der Waals surface area contributed by atoms with Gasteiger partial charge in [0, 0.05) is 11.6 Å². The molecule has 0 aliphatic heterocycles. The number of sulfonamides is 1. The molecule has 2 fully saturated rings. The summed E-state index contributed by atoms with van der Waals surface area (Å²) in [6, 6.07) is 4.65. The molecule has 2 saturated carbocycles. The summed E-state index contributed by atoms with van der Waals surface area (Å²) in [5.74, 6) is 1.26. The number of carbonyl (C=O) groups excluding carboxylic acids is 1. The Kier molecular flexibility index (Phi) is 3.53. The van der Waals surface area contributed by atoms with E-state index in [1.54, 1.807) is 6.92 Å². The van der Waals surface area contributed by atoms with Gasteiger partial charge in [-0.1, -0.05) is 6.42 Å². The number of carbonyl (C=O) groups is 1. The fourth-order valence-corrected chi connectivity index (χ4v) is 4.33. The average Bonchev–Trinajstić information content (AvgIpc) is 2.99. The van der Waals surface area contributed by atoms with Gasteiger partial charge < -0.3 is 5.32 Å². The van der Waals surface area contributed by atoms with Crippen LogP contribution in [0.5, 0.6) is 0 Å². The second kappa shape index (κ2) is 5.10. The quantitative estimate of drug-likeness (QED) is 0.888. The first kappa shape index (κ1) is 14.5. The van der Waals surface area contributed by atoms with Crippen LogP contribution in [-0.2, 0) is 10.0 Å². The van der Waals surface area contributed by atoms with Gasteiger partial charge in [0.15, 0.2) is 0 Å². The molecule has 6 heteroatoms. The molecule has 1 aromatic rings. The van der Waals surface area contributed by atoms with Crippen molar-refractivity contribution in [2.45, 2.75) is 43.5 Å². The van der Waals surface area contributed by atoms with E-state index in [4.69, 9.17) is 5.14 Å². The van der Waals surface area contributed by atoms with E-state index >= 15 is 0 Å². The zero-order valence-electron chi connectivity index (χ0n) is 12.0. The Morgan fingerprint density at radius 3 is 2.57 bits per heavy atom. The van der Waals surface area contributed by atoms with Crippen molar-refractivity contribution >= 4 is 15.9 Å². The van der Waals surface area contributed by atoms with E-state index in [-0.39, 0.29) is 16.8 Å². The van der Waals surface area contributed by atoms with Gasteiger partial charge >= 0.3 is 0 Å². The second-order valence-electron chi connectivity index (χ2n) is 6.28. The smallest absolute Gasteiger partial charge is 0.251 e. The number of nitrogens with two attached hydrogens (primary N) is 1. The zero-order chi connectivity index (χ0) is 15.2. The molecule has 3 unspecified atom stereocenters. The maximum Gasteiger partial charge on any atom is 0.251 e. The van der Waals surface area contributed by atoms with Crippen molar-refractivity contribution in [3.05, 3.63) is 29.3 Å². The predicted octanol–water partition coefficient (Wildman–Crippen LogP) is 1.56. The number of benzene rings is 1. The van der Waals surface area contributed by atoms with Crippen molar-refractivity contribution in [2.75, 3.05) is 0 Å². The van der Waals surface area contributed by atoms with Crippen LogP contribution in [0.4, 0.5) is 0 Å². The molecule has 2 aliphatic rings. The fourth-order valence-electron chi connectivity index (χ4n) is 3.74. The topological polar surface area (TPSA) is 89.3 Å². The third kappa shape index (κ3) is 2.82. The summed E-state index contributed by atoms with van der Waals surface area (Å²) in [6.45, 7) is 1.73. The number of nitrogens with one attached hydrogen (secondary N) is 1. The van der Waals surface area contributed by atoms with Crippen LogP contribution in [0.15, 0.2) is 23.1 Å². The van der Waals surface area contributed by atoms with Crippen molar-refractivity contribution in [3.8, 4) is 0 Å². The fraction of sp³-hybridized carbons (Fsp3) is 0.533. The van der Waals surface area contributed by atoms with Crippen LogP contribution in [0.25, 0.3) is 0 Å². The number of primary sulfonamides is 1. The second-order valence-corrected chi connectivity index (χ2v) is 7.84. The Bertz CT molecular complexity index is 684. The van der Waals surface area contributed by atoms with Crippen molar-refractivity contribution < 1.29 is 13.2 Å². The first-order valence-electron chi connectivity index (χ1n) is 7.29. The van der Waals surface area contributed by atoms with Gasteiger partial charge in [-0.3, -0.25) is 4.79 Å². The zero-order valence-corrected chi connectivity index (χ0v) is 12.8. The maximum atomic E-state index is 12.4. The van der Waals surface area contributed by atoms with Gasteiger partial charge in [-0.2, -0.15) is 0 Å². The van der Waals surface area contributed by atoms with Gasteiger partial charge in [-0.25, -0.2) is 13.6 Å². The van der Waals surface area contributed by atoms with Crippen LogP contribution in [0, 0.1) is 18.8 Å². The van der Waals surface area contributed by atoms with Gasteiger partial charge in [0.05, 0.1) is 4.90 Å². The van der Waals surface area contributed by atoms with E-state index in [1.165, 1.54) is 37.5 Å². The molecule has 0 spiro atoms. The van der Waals surface area contributed by atoms with Gasteiger partial charge in [-0.05, 0) is 61.8 Å². The van der Waals surface area contributed by atoms with Crippen LogP contribution in [0.3, 0.4) is 0 Å². The highest BCUT2D eigenvalue weighted by atomic mass is 32.2. The van der Waals surface area contributed by atoms with Gasteiger partial charge in [0.2, 0.25) is 10.0 Å². The summed E-state index contributed by atoms with van der Waals surface area (Å²) in [4.78, 5) is 12.4. The van der Waals surface area contributed by atoms with Crippen LogP contribution >= 0.6 is 0 Å². The summed E-state index contributed by atoms with van der Waals surface area (Å²) in [7, 11) is -3.73. The maximum absolute atomic E-state index is 12.4. The predicted molar refractivity (Wildman–Crippen MR) is 79.3 cm³/mol. The molecule has 0 aromatic heterocycles.